The molecule has 0 aromatic carbocycles. The first kappa shape index (κ1) is 16.7. The van der Waals surface area contributed by atoms with Crippen molar-refractivity contribution in [3.8, 4) is 0 Å². The van der Waals surface area contributed by atoms with Crippen LogP contribution in [0.2, 0.25) is 0 Å². The van der Waals surface area contributed by atoms with E-state index in [1.54, 1.807) is 7.11 Å². The maximum absolute atomic E-state index is 5.04. The van der Waals surface area contributed by atoms with Gasteiger partial charge in [-0.15, -0.1) is 0 Å². The highest BCUT2D eigenvalue weighted by Crippen LogP contribution is 2.10. The van der Waals surface area contributed by atoms with E-state index in [0.29, 0.717) is 0 Å². The van der Waals surface area contributed by atoms with Gasteiger partial charge in [0.15, 0.2) is 6.20 Å². The lowest BCUT2D eigenvalue weighted by Crippen LogP contribution is -2.31. The number of nitrogens with one attached hydrogen (secondary N) is 1. The molecule has 0 unspecified atom stereocenters. The summed E-state index contributed by atoms with van der Waals surface area (Å²) in [5.74, 6) is 0. The number of hydrogen-bond acceptors (Lipinski definition) is 2. The molecule has 1 heterocycles. The Bertz CT molecular complexity index is 358. The molecule has 1 rings (SSSR count). The van der Waals surface area contributed by atoms with Crippen molar-refractivity contribution in [1.82, 2.24) is 0 Å². The predicted octanol–water partition coefficient (Wildman–Crippen LogP) is 3.51. The molecule has 0 saturated carbocycles. The van der Waals surface area contributed by atoms with Gasteiger partial charge in [0.05, 0.1) is 0 Å². The normalized spacial score (nSPS) is 10.7. The lowest BCUT2D eigenvalue weighted by molar-refractivity contribution is -0.684. The molecule has 0 aliphatic heterocycles. The SMILES string of the molecule is COCCCCCCCCNc1cc[n+](C)c(I)c1. The fraction of sp³-hybridized carbons (Fsp3) is 0.667. The van der Waals surface area contributed by atoms with Crippen molar-refractivity contribution in [2.24, 2.45) is 7.05 Å². The number of ether oxygens (including phenoxy) is 1. The van der Waals surface area contributed by atoms with Gasteiger partial charge in [0, 0.05) is 60.7 Å². The van der Waals surface area contributed by atoms with Gasteiger partial charge in [0.1, 0.15) is 7.05 Å². The monoisotopic (exact) mass is 377 g/mol. The summed E-state index contributed by atoms with van der Waals surface area (Å²) in [5, 5.41) is 3.49. The highest BCUT2D eigenvalue weighted by molar-refractivity contribution is 14.1. The average Bonchev–Trinajstić information content (AvgIpc) is 2.41. The van der Waals surface area contributed by atoms with Crippen LogP contribution in [0, 0.1) is 3.70 Å². The van der Waals surface area contributed by atoms with Gasteiger partial charge in [-0.2, -0.15) is 4.57 Å². The highest BCUT2D eigenvalue weighted by atomic mass is 127. The van der Waals surface area contributed by atoms with Gasteiger partial charge in [-0.05, 0) is 12.8 Å². The average molecular weight is 377 g/mol. The standard InChI is InChI=1S/C15H25IN2O/c1-18-11-9-14(13-15(18)16)17-10-7-5-3-4-6-8-12-19-2/h9,11,13H,3-8,10,12H2,1-2H3/p+1. The lowest BCUT2D eigenvalue weighted by Gasteiger charge is -2.06. The van der Waals surface area contributed by atoms with E-state index in [2.05, 4.69) is 57.9 Å². The van der Waals surface area contributed by atoms with E-state index in [1.165, 1.54) is 47.9 Å². The molecule has 1 aromatic heterocycles. The van der Waals surface area contributed by atoms with Gasteiger partial charge in [0.2, 0.25) is 3.70 Å². The Morgan fingerprint density at radius 1 is 1.16 bits per heavy atom. The van der Waals surface area contributed by atoms with E-state index in [-0.39, 0.29) is 0 Å². The third-order valence-electron chi connectivity index (χ3n) is 3.19. The van der Waals surface area contributed by atoms with E-state index in [1.807, 2.05) is 0 Å². The number of aromatic nitrogens is 1. The molecule has 0 fully saturated rings. The van der Waals surface area contributed by atoms with Crippen LogP contribution in [-0.2, 0) is 11.8 Å². The second-order valence-corrected chi connectivity index (χ2v) is 6.00. The summed E-state index contributed by atoms with van der Waals surface area (Å²) < 4.78 is 8.41. The van der Waals surface area contributed by atoms with Crippen LogP contribution in [0.4, 0.5) is 5.69 Å². The van der Waals surface area contributed by atoms with E-state index in [9.17, 15) is 0 Å². The van der Waals surface area contributed by atoms with Crippen molar-refractivity contribution in [3.63, 3.8) is 0 Å². The number of pyridine rings is 1. The van der Waals surface area contributed by atoms with E-state index in [0.717, 1.165) is 13.2 Å². The van der Waals surface area contributed by atoms with Crippen molar-refractivity contribution in [1.29, 1.82) is 0 Å². The molecule has 1 aromatic rings. The molecular weight excluding hydrogens is 351 g/mol. The molecule has 0 radical (unpaired) electrons. The fourth-order valence-electron chi connectivity index (χ4n) is 1.96. The van der Waals surface area contributed by atoms with Gasteiger partial charge in [-0.25, -0.2) is 0 Å². The minimum atomic E-state index is 0.908. The number of rotatable bonds is 10. The van der Waals surface area contributed by atoms with Crippen LogP contribution < -0.4 is 9.88 Å². The molecule has 108 valence electrons. The van der Waals surface area contributed by atoms with Crippen LogP contribution in [0.25, 0.3) is 0 Å². The first-order valence-corrected chi connectivity index (χ1v) is 8.20. The van der Waals surface area contributed by atoms with Crippen molar-refractivity contribution in [3.05, 3.63) is 22.0 Å². The lowest BCUT2D eigenvalue weighted by atomic mass is 10.1. The molecule has 19 heavy (non-hydrogen) atoms. The molecular formula is C15H26IN2O+. The number of halogens is 1. The van der Waals surface area contributed by atoms with E-state index in [4.69, 9.17) is 4.74 Å². The summed E-state index contributed by atoms with van der Waals surface area (Å²) in [5.41, 5.74) is 1.22. The zero-order valence-electron chi connectivity index (χ0n) is 12.1. The van der Waals surface area contributed by atoms with E-state index >= 15 is 0 Å². The number of nitrogens with zero attached hydrogens (tertiary/aromatic N) is 1. The number of methoxy groups -OCH3 is 1. The van der Waals surface area contributed by atoms with Crippen LogP contribution in [0.5, 0.6) is 0 Å². The van der Waals surface area contributed by atoms with Crippen LogP contribution in [0.3, 0.4) is 0 Å². The van der Waals surface area contributed by atoms with Crippen LogP contribution >= 0.6 is 22.6 Å². The third kappa shape index (κ3) is 7.72. The van der Waals surface area contributed by atoms with Crippen molar-refractivity contribution >= 4 is 28.3 Å². The van der Waals surface area contributed by atoms with Gasteiger partial charge in [0.25, 0.3) is 0 Å². The van der Waals surface area contributed by atoms with Crippen LogP contribution in [0.15, 0.2) is 18.3 Å². The second-order valence-electron chi connectivity index (χ2n) is 4.89. The Balaban J connectivity index is 2.00. The Labute approximate surface area is 130 Å². The maximum Gasteiger partial charge on any atom is 0.243 e. The fourth-order valence-corrected chi connectivity index (χ4v) is 2.46. The Kier molecular flexibility index (Phi) is 9.16. The van der Waals surface area contributed by atoms with Gasteiger partial charge < -0.3 is 10.1 Å². The molecule has 0 saturated heterocycles. The summed E-state index contributed by atoms with van der Waals surface area (Å²) in [4.78, 5) is 0. The molecule has 3 nitrogen and oxygen atoms in total. The van der Waals surface area contributed by atoms with Gasteiger partial charge in [-0.3, -0.25) is 0 Å². The molecule has 1 N–H and O–H groups in total. The molecule has 0 aliphatic rings. The quantitative estimate of drug-likeness (QED) is 0.292. The van der Waals surface area contributed by atoms with Gasteiger partial charge in [-0.1, -0.05) is 25.7 Å². The molecule has 0 spiro atoms. The summed E-state index contributed by atoms with van der Waals surface area (Å²) in [7, 11) is 3.84. The zero-order valence-corrected chi connectivity index (χ0v) is 14.3. The Morgan fingerprint density at radius 3 is 2.53 bits per heavy atom. The van der Waals surface area contributed by atoms with Crippen molar-refractivity contribution < 1.29 is 9.30 Å². The summed E-state index contributed by atoms with van der Waals surface area (Å²) in [6, 6.07) is 4.32. The predicted molar refractivity (Wildman–Crippen MR) is 88.4 cm³/mol. The molecule has 0 amide bonds. The largest absolute Gasteiger partial charge is 0.385 e. The number of unbranched alkanes of at least 4 members (excludes halogenated alkanes) is 5. The minimum Gasteiger partial charge on any atom is -0.385 e. The van der Waals surface area contributed by atoms with Gasteiger partial charge >= 0.3 is 0 Å². The summed E-state index contributed by atoms with van der Waals surface area (Å²) in [6.07, 6.45) is 9.84. The van der Waals surface area contributed by atoms with Crippen LogP contribution in [0.1, 0.15) is 38.5 Å². The number of aryl methyl sites for hydroxylation is 1. The summed E-state index contributed by atoms with van der Waals surface area (Å²) in [6.45, 7) is 1.98. The van der Waals surface area contributed by atoms with Crippen molar-refractivity contribution in [2.75, 3.05) is 25.6 Å². The minimum absolute atomic E-state index is 0.908. The molecule has 4 heteroatoms. The topological polar surface area (TPSA) is 25.1 Å². The Hall–Kier alpha value is -0.360. The first-order chi connectivity index (χ1) is 9.24. The molecule has 0 atom stereocenters. The number of hydrogen-bond donors (Lipinski definition) is 1. The third-order valence-corrected chi connectivity index (χ3v) is 4.27. The smallest absolute Gasteiger partial charge is 0.243 e. The highest BCUT2D eigenvalue weighted by Gasteiger charge is 2.02. The molecule has 0 bridgehead atoms. The van der Waals surface area contributed by atoms with E-state index < -0.39 is 0 Å². The Morgan fingerprint density at radius 2 is 1.84 bits per heavy atom. The maximum atomic E-state index is 5.04. The first-order valence-electron chi connectivity index (χ1n) is 7.12. The number of anilines is 1. The van der Waals surface area contributed by atoms with Crippen molar-refractivity contribution in [2.45, 2.75) is 38.5 Å². The second kappa shape index (κ2) is 10.4. The summed E-state index contributed by atoms with van der Waals surface area (Å²) >= 11 is 2.35. The van der Waals surface area contributed by atoms with Crippen LogP contribution in [-0.4, -0.2) is 20.3 Å². The molecule has 0 aliphatic carbocycles. The zero-order chi connectivity index (χ0) is 13.9.